The molecule has 0 aliphatic carbocycles. The fraction of sp³-hybridized carbons (Fsp3) is 0.234. The molecule has 0 amide bonds. The van der Waals surface area contributed by atoms with Gasteiger partial charge in [-0.05, 0) is 100 Å². The number of hydrogen-bond acceptors (Lipinski definition) is 1. The Morgan fingerprint density at radius 3 is 0.930 bits per heavy atom. The normalized spacial score (nSPS) is 9.96. The molecule has 0 N–H and O–H groups in total. The van der Waals surface area contributed by atoms with Crippen molar-refractivity contribution in [3.63, 3.8) is 0 Å². The molecule has 0 aliphatic rings. The first-order chi connectivity index (χ1) is 27.2. The van der Waals surface area contributed by atoms with Gasteiger partial charge in [-0.15, -0.1) is 0 Å². The fourth-order valence-corrected chi connectivity index (χ4v) is 6.06. The van der Waals surface area contributed by atoms with E-state index >= 15 is 0 Å². The van der Waals surface area contributed by atoms with Gasteiger partial charge in [0.25, 0.3) is 0 Å². The van der Waals surface area contributed by atoms with Gasteiger partial charge in [-0.3, -0.25) is 0 Å². The Kier molecular flexibility index (Phi) is 29.4. The summed E-state index contributed by atoms with van der Waals surface area (Å²) in [5.74, 6) is 0. The van der Waals surface area contributed by atoms with E-state index in [0.29, 0.717) is 15.2 Å². The second-order valence-corrected chi connectivity index (χ2v) is 60.4. The number of hydrogen-bond donors (Lipinski definition) is 0. The molecule has 0 aliphatic heterocycles. The quantitative estimate of drug-likeness (QED) is 0.0682. The van der Waals surface area contributed by atoms with Crippen LogP contribution in [0.5, 0.6) is 0 Å². The summed E-state index contributed by atoms with van der Waals surface area (Å²) in [5.41, 5.74) is 14.6. The van der Waals surface area contributed by atoms with Crippen molar-refractivity contribution in [1.82, 2.24) is 0 Å². The number of benzene rings is 6. The molecule has 0 spiro atoms. The van der Waals surface area contributed by atoms with E-state index in [-0.39, 0.29) is 17.3 Å². The van der Waals surface area contributed by atoms with Gasteiger partial charge < -0.3 is 12.4 Å². The predicted molar refractivity (Wildman–Crippen MR) is 281 cm³/mol. The zero-order chi connectivity index (χ0) is 40.5. The number of unbranched alkanes of at least 4 members (excludes halogenated alkanes) is 4. The number of nitrogens with zero attached hydrogens (tertiary/aromatic N) is 2. The van der Waals surface area contributed by atoms with Crippen LogP contribution < -0.4 is 12.4 Å². The number of aryl methyl sites for hydroxylation is 3. The molecule has 299 valence electrons. The maximum absolute atomic E-state index is 8.77. The first-order valence-electron chi connectivity index (χ1n) is 18.8. The second-order valence-electron chi connectivity index (χ2n) is 13.2. The molecule has 0 atom stereocenters. The Balaban J connectivity index is 0.000000334. The van der Waals surface area contributed by atoms with Gasteiger partial charge in [0.1, 0.15) is 0 Å². The van der Waals surface area contributed by atoms with Crippen molar-refractivity contribution < 1.29 is 26.8 Å². The average molecular weight is 1410 g/mol. The van der Waals surface area contributed by atoms with Crippen molar-refractivity contribution in [2.45, 2.75) is 72.1 Å². The molecular formula is C47H49ClI5N2V2. The Morgan fingerprint density at radius 2 is 0.684 bits per heavy atom. The van der Waals surface area contributed by atoms with Crippen LogP contribution in [-0.2, 0) is 27.2 Å². The van der Waals surface area contributed by atoms with Gasteiger partial charge in [-0.1, -0.05) is 166 Å². The van der Waals surface area contributed by atoms with E-state index in [1.807, 2.05) is 12.1 Å². The van der Waals surface area contributed by atoms with E-state index < -0.39 is 0 Å². The summed E-state index contributed by atoms with van der Waals surface area (Å²) in [6, 6.07) is 51.7. The van der Waals surface area contributed by atoms with Gasteiger partial charge in [-0.2, -0.15) is 0 Å². The summed E-state index contributed by atoms with van der Waals surface area (Å²) in [6.07, 6.45) is 10.1. The van der Waals surface area contributed by atoms with Gasteiger partial charge >= 0.3 is 120 Å². The number of halogens is 6. The van der Waals surface area contributed by atoms with Gasteiger partial charge in [0.05, 0.1) is 0 Å². The summed E-state index contributed by atoms with van der Waals surface area (Å²) >= 11 is 12.1. The SMILES string of the molecule is CCCCCc1ccc(-c2ccc(-c3ccc(C)cc3)cc2)cc1.CCCCCc1ccc(-c2ccc(-c3ccc([N+]#N)cc3)cc2)cc1.[Cl-].[I][V]([I])[I].[I][V][I]. The van der Waals surface area contributed by atoms with Crippen molar-refractivity contribution >= 4 is 106 Å². The van der Waals surface area contributed by atoms with Gasteiger partial charge in [0.2, 0.25) is 5.39 Å². The molecule has 57 heavy (non-hydrogen) atoms. The van der Waals surface area contributed by atoms with E-state index in [0.717, 1.165) is 11.1 Å². The molecule has 0 bridgehead atoms. The number of diazo groups is 1. The minimum absolute atomic E-state index is 0. The van der Waals surface area contributed by atoms with Crippen LogP contribution >= 0.6 is 99.9 Å². The molecule has 6 aromatic carbocycles. The van der Waals surface area contributed by atoms with E-state index in [1.165, 1.54) is 101 Å². The molecular weight excluding hydrogens is 1360 g/mol. The molecule has 10 heteroatoms. The van der Waals surface area contributed by atoms with Crippen LogP contribution in [0.1, 0.15) is 69.1 Å². The molecule has 0 saturated carbocycles. The zero-order valence-electron chi connectivity index (χ0n) is 32.6. The Labute approximate surface area is 415 Å². The standard InChI is InChI=1S/C24H26.C23H23N2.ClH.5HI.2V/c1-3-4-5-6-20-9-13-22(14-10-20)24-17-15-23(16-18-24)21-11-7-19(2)8-12-21;1-2-3-4-5-18-6-8-19(9-7-18)20-10-12-21(13-11-20)22-14-16-23(25-24)17-15-22;;;;;;;;/h7-18H,3-6H2,1-2H3;6-17H,2-5H2,1H3;6*1H;;/q;+1;;;;;;;+2;+3/p-6. The number of rotatable bonds is 12. The van der Waals surface area contributed by atoms with Crippen molar-refractivity contribution in [1.29, 1.82) is 5.39 Å². The zero-order valence-corrected chi connectivity index (χ0v) is 46.9. The van der Waals surface area contributed by atoms with Crippen LogP contribution in [-0.4, -0.2) is 0 Å². The third kappa shape index (κ3) is 21.0. The summed E-state index contributed by atoms with van der Waals surface area (Å²) in [4.78, 5) is 2.91. The van der Waals surface area contributed by atoms with Gasteiger partial charge in [-0.25, -0.2) is 0 Å². The van der Waals surface area contributed by atoms with Gasteiger partial charge in [0.15, 0.2) is 4.98 Å². The molecule has 0 radical (unpaired) electrons. The molecule has 6 aromatic rings. The van der Waals surface area contributed by atoms with Crippen molar-refractivity contribution in [2.75, 3.05) is 0 Å². The Hall–Kier alpha value is -0.151. The monoisotopic (exact) mass is 1410 g/mol. The van der Waals surface area contributed by atoms with Crippen LogP contribution in [0.2, 0.25) is 0 Å². The van der Waals surface area contributed by atoms with Crippen molar-refractivity contribution in [3.8, 4) is 44.5 Å². The first kappa shape index (κ1) is 53.0. The molecule has 0 fully saturated rings. The van der Waals surface area contributed by atoms with Crippen LogP contribution in [0.3, 0.4) is 0 Å². The van der Waals surface area contributed by atoms with Crippen LogP contribution in [0, 0.1) is 12.3 Å². The molecule has 0 aromatic heterocycles. The van der Waals surface area contributed by atoms with E-state index in [2.05, 4.69) is 247 Å². The molecule has 6 rings (SSSR count). The van der Waals surface area contributed by atoms with Crippen LogP contribution in [0.15, 0.2) is 146 Å². The van der Waals surface area contributed by atoms with Crippen molar-refractivity contribution in [3.05, 3.63) is 167 Å². The Morgan fingerprint density at radius 1 is 0.456 bits per heavy atom. The van der Waals surface area contributed by atoms with E-state index in [1.54, 1.807) is 12.1 Å². The maximum atomic E-state index is 8.77. The summed E-state index contributed by atoms with van der Waals surface area (Å²) in [7, 11) is 0.628. The fourth-order valence-electron chi connectivity index (χ4n) is 6.06. The molecule has 2 nitrogen and oxygen atoms in total. The second kappa shape index (κ2) is 31.7. The Bertz CT molecular complexity index is 1980. The van der Waals surface area contributed by atoms with Crippen LogP contribution in [0.25, 0.3) is 49.5 Å². The predicted octanol–water partition coefficient (Wildman–Crippen LogP) is 15.7. The molecule has 0 unspecified atom stereocenters. The van der Waals surface area contributed by atoms with E-state index in [9.17, 15) is 0 Å². The summed E-state index contributed by atoms with van der Waals surface area (Å²) in [5, 5.41) is 8.77. The third-order valence-electron chi connectivity index (χ3n) is 9.18. The topological polar surface area (TPSA) is 28.1 Å². The molecule has 0 saturated heterocycles. The summed E-state index contributed by atoms with van der Waals surface area (Å²) < 4.78 is 0. The summed E-state index contributed by atoms with van der Waals surface area (Å²) in [6.45, 7) is 6.62. The third-order valence-corrected chi connectivity index (χ3v) is 9.18. The van der Waals surface area contributed by atoms with Crippen molar-refractivity contribution in [2.24, 2.45) is 0 Å². The minimum atomic E-state index is -0.278. The van der Waals surface area contributed by atoms with Gasteiger partial charge in [0, 0.05) is 12.1 Å². The molecule has 0 heterocycles. The average Bonchev–Trinajstić information content (AvgIpc) is 3.22. The first-order valence-corrected chi connectivity index (χ1v) is 41.3. The van der Waals surface area contributed by atoms with Crippen LogP contribution in [0.4, 0.5) is 5.69 Å². The van der Waals surface area contributed by atoms with E-state index in [4.69, 9.17) is 5.39 Å².